The Labute approximate surface area is 192 Å². The second-order valence-corrected chi connectivity index (χ2v) is 8.09. The molecule has 6 nitrogen and oxygen atoms in total. The molecule has 0 aliphatic carbocycles. The van der Waals surface area contributed by atoms with Crippen molar-refractivity contribution in [1.82, 2.24) is 15.5 Å². The largest absolute Gasteiger partial charge is 0.497 e. The fourth-order valence-corrected chi connectivity index (χ4v) is 4.17. The summed E-state index contributed by atoms with van der Waals surface area (Å²) in [6, 6.07) is 8.80. The van der Waals surface area contributed by atoms with Crippen LogP contribution in [0, 0.1) is 0 Å². The van der Waals surface area contributed by atoms with Gasteiger partial charge in [0.1, 0.15) is 5.75 Å². The molecule has 2 heterocycles. The van der Waals surface area contributed by atoms with Gasteiger partial charge in [0.05, 0.1) is 18.8 Å². The van der Waals surface area contributed by atoms with Crippen molar-refractivity contribution < 1.29 is 9.47 Å². The summed E-state index contributed by atoms with van der Waals surface area (Å²) in [7, 11) is 3.54. The van der Waals surface area contributed by atoms with Crippen LogP contribution in [0.25, 0.3) is 0 Å². The van der Waals surface area contributed by atoms with Crippen molar-refractivity contribution in [3.05, 3.63) is 29.8 Å². The zero-order valence-electron chi connectivity index (χ0n) is 18.1. The Hall–Kier alpha value is -1.06. The van der Waals surface area contributed by atoms with Crippen molar-refractivity contribution in [2.24, 2.45) is 4.99 Å². The minimum absolute atomic E-state index is 0. The highest BCUT2D eigenvalue weighted by Gasteiger charge is 2.30. The summed E-state index contributed by atoms with van der Waals surface area (Å²) in [5, 5.41) is 7.00. The van der Waals surface area contributed by atoms with Crippen LogP contribution < -0.4 is 15.4 Å². The first-order chi connectivity index (χ1) is 13.6. The Balaban J connectivity index is 0.00000300. The SMILES string of the molecule is CN=C(NCC(c1ccc(OC)cc1)N1CCCCC1)NCC1(C)CCCO1.I. The quantitative estimate of drug-likeness (QED) is 0.330. The third-order valence-electron chi connectivity index (χ3n) is 5.95. The van der Waals surface area contributed by atoms with E-state index in [4.69, 9.17) is 9.47 Å². The number of aliphatic imine (C=N–C) groups is 1. The third-order valence-corrected chi connectivity index (χ3v) is 5.95. The molecule has 2 atom stereocenters. The number of hydrogen-bond donors (Lipinski definition) is 2. The Bertz CT molecular complexity index is 626. The van der Waals surface area contributed by atoms with Gasteiger partial charge in [-0.3, -0.25) is 9.89 Å². The smallest absolute Gasteiger partial charge is 0.191 e. The van der Waals surface area contributed by atoms with Gasteiger partial charge in [0.2, 0.25) is 0 Å². The molecule has 0 bridgehead atoms. The summed E-state index contributed by atoms with van der Waals surface area (Å²) in [6.45, 7) is 6.94. The number of nitrogens with one attached hydrogen (secondary N) is 2. The number of benzene rings is 1. The van der Waals surface area contributed by atoms with E-state index in [0.29, 0.717) is 6.04 Å². The second kappa shape index (κ2) is 12.0. The molecule has 164 valence electrons. The van der Waals surface area contributed by atoms with Crippen molar-refractivity contribution in [3.8, 4) is 5.75 Å². The first-order valence-corrected chi connectivity index (χ1v) is 10.6. The second-order valence-electron chi connectivity index (χ2n) is 8.09. The number of nitrogens with zero attached hydrogens (tertiary/aromatic N) is 2. The molecule has 0 spiro atoms. The molecule has 2 unspecified atom stereocenters. The molecule has 2 fully saturated rings. The van der Waals surface area contributed by atoms with E-state index in [1.54, 1.807) is 7.11 Å². The Morgan fingerprint density at radius 2 is 1.90 bits per heavy atom. The first kappa shape index (κ1) is 24.2. The molecule has 2 aliphatic rings. The topological polar surface area (TPSA) is 58.1 Å². The number of likely N-dealkylation sites (tertiary alicyclic amines) is 1. The summed E-state index contributed by atoms with van der Waals surface area (Å²) in [4.78, 5) is 7.01. The normalized spacial score (nSPS) is 23.9. The van der Waals surface area contributed by atoms with Gasteiger partial charge < -0.3 is 20.1 Å². The average molecular weight is 516 g/mol. The number of guanidine groups is 1. The van der Waals surface area contributed by atoms with E-state index in [9.17, 15) is 0 Å². The van der Waals surface area contributed by atoms with Crippen LogP contribution in [0.15, 0.2) is 29.3 Å². The van der Waals surface area contributed by atoms with Gasteiger partial charge in [-0.2, -0.15) is 0 Å². The molecule has 1 aromatic carbocycles. The van der Waals surface area contributed by atoms with E-state index in [0.717, 1.165) is 57.3 Å². The number of rotatable bonds is 7. The summed E-state index contributed by atoms with van der Waals surface area (Å²) >= 11 is 0. The fourth-order valence-electron chi connectivity index (χ4n) is 4.17. The minimum Gasteiger partial charge on any atom is -0.497 e. The standard InChI is InChI=1S/C22H36N4O2.HI/c1-22(12-7-15-28-22)17-25-21(23-2)24-16-20(26-13-5-4-6-14-26)18-8-10-19(27-3)11-9-18;/h8-11,20H,4-7,12-17H2,1-3H3,(H2,23,24,25);1H. The Morgan fingerprint density at radius 3 is 2.48 bits per heavy atom. The first-order valence-electron chi connectivity index (χ1n) is 10.6. The Morgan fingerprint density at radius 1 is 1.17 bits per heavy atom. The van der Waals surface area contributed by atoms with Gasteiger partial charge >= 0.3 is 0 Å². The van der Waals surface area contributed by atoms with Crippen molar-refractivity contribution >= 4 is 29.9 Å². The number of ether oxygens (including phenoxy) is 2. The molecule has 2 N–H and O–H groups in total. The van der Waals surface area contributed by atoms with Crippen LogP contribution in [0.1, 0.15) is 50.6 Å². The van der Waals surface area contributed by atoms with E-state index >= 15 is 0 Å². The Kier molecular flexibility index (Phi) is 9.98. The number of piperidine rings is 1. The molecular formula is C22H37IN4O2. The molecule has 3 rings (SSSR count). The molecule has 2 aliphatic heterocycles. The zero-order valence-corrected chi connectivity index (χ0v) is 20.4. The van der Waals surface area contributed by atoms with E-state index in [1.165, 1.54) is 24.8 Å². The van der Waals surface area contributed by atoms with Crippen molar-refractivity contribution in [1.29, 1.82) is 0 Å². The zero-order chi connectivity index (χ0) is 19.8. The van der Waals surface area contributed by atoms with Gasteiger partial charge in [-0.05, 0) is 63.4 Å². The van der Waals surface area contributed by atoms with Crippen LogP contribution in [-0.4, -0.2) is 63.4 Å². The molecule has 0 saturated carbocycles. The fraction of sp³-hybridized carbons (Fsp3) is 0.682. The average Bonchev–Trinajstić information content (AvgIpc) is 3.18. The van der Waals surface area contributed by atoms with Crippen molar-refractivity contribution in [2.45, 2.75) is 50.7 Å². The molecule has 29 heavy (non-hydrogen) atoms. The number of hydrogen-bond acceptors (Lipinski definition) is 4. The van der Waals surface area contributed by atoms with E-state index in [2.05, 4.69) is 51.7 Å². The summed E-state index contributed by atoms with van der Waals surface area (Å²) in [5.41, 5.74) is 1.23. The van der Waals surface area contributed by atoms with Crippen molar-refractivity contribution in [2.75, 3.05) is 46.9 Å². The molecule has 0 aromatic heterocycles. The highest BCUT2D eigenvalue weighted by Crippen LogP contribution is 2.26. The van der Waals surface area contributed by atoms with Gasteiger partial charge in [-0.1, -0.05) is 18.6 Å². The maximum absolute atomic E-state index is 5.88. The maximum Gasteiger partial charge on any atom is 0.191 e. The summed E-state index contributed by atoms with van der Waals surface area (Å²) < 4.78 is 11.2. The van der Waals surface area contributed by atoms with Crippen molar-refractivity contribution in [3.63, 3.8) is 0 Å². The molecule has 1 aromatic rings. The lowest BCUT2D eigenvalue weighted by Crippen LogP contribution is -2.48. The van der Waals surface area contributed by atoms with Crippen LogP contribution >= 0.6 is 24.0 Å². The van der Waals surface area contributed by atoms with Gasteiger partial charge in [0.25, 0.3) is 0 Å². The third kappa shape index (κ3) is 7.00. The van der Waals surface area contributed by atoms with Crippen LogP contribution in [-0.2, 0) is 4.74 Å². The van der Waals surface area contributed by atoms with Crippen LogP contribution in [0.3, 0.4) is 0 Å². The van der Waals surface area contributed by atoms with E-state index in [-0.39, 0.29) is 29.6 Å². The minimum atomic E-state index is -0.0835. The van der Waals surface area contributed by atoms with Gasteiger partial charge in [-0.15, -0.1) is 24.0 Å². The lowest BCUT2D eigenvalue weighted by atomic mass is 10.0. The monoisotopic (exact) mass is 516 g/mol. The van der Waals surface area contributed by atoms with Gasteiger partial charge in [0, 0.05) is 26.7 Å². The van der Waals surface area contributed by atoms with E-state index in [1.807, 2.05) is 7.05 Å². The molecule has 0 amide bonds. The molecular weight excluding hydrogens is 479 g/mol. The highest BCUT2D eigenvalue weighted by atomic mass is 127. The summed E-state index contributed by atoms with van der Waals surface area (Å²) in [6.07, 6.45) is 6.11. The van der Waals surface area contributed by atoms with Crippen LogP contribution in [0.2, 0.25) is 0 Å². The molecule has 7 heteroatoms. The molecule has 0 radical (unpaired) electrons. The van der Waals surface area contributed by atoms with Crippen LogP contribution in [0.5, 0.6) is 5.75 Å². The predicted molar refractivity (Wildman–Crippen MR) is 130 cm³/mol. The lowest BCUT2D eigenvalue weighted by Gasteiger charge is -2.35. The highest BCUT2D eigenvalue weighted by molar-refractivity contribution is 14.0. The van der Waals surface area contributed by atoms with E-state index < -0.39 is 0 Å². The van der Waals surface area contributed by atoms with Crippen LogP contribution in [0.4, 0.5) is 0 Å². The lowest BCUT2D eigenvalue weighted by molar-refractivity contribution is 0.0242. The maximum atomic E-state index is 5.88. The predicted octanol–water partition coefficient (Wildman–Crippen LogP) is 3.57. The molecule has 2 saturated heterocycles. The summed E-state index contributed by atoms with van der Waals surface area (Å²) in [5.74, 6) is 1.74. The van der Waals surface area contributed by atoms with Gasteiger partial charge in [0.15, 0.2) is 5.96 Å². The van der Waals surface area contributed by atoms with Gasteiger partial charge in [-0.25, -0.2) is 0 Å². The number of halogens is 1. The number of methoxy groups -OCH3 is 1.